The Balaban J connectivity index is 1.61. The van der Waals surface area contributed by atoms with Crippen LogP contribution in [0.4, 0.5) is 0 Å². The van der Waals surface area contributed by atoms with Crippen LogP contribution in [-0.2, 0) is 13.2 Å². The van der Waals surface area contributed by atoms with Gasteiger partial charge in [-0.15, -0.1) is 5.10 Å². The van der Waals surface area contributed by atoms with Crippen molar-refractivity contribution in [3.05, 3.63) is 70.0 Å². The topological polar surface area (TPSA) is 77.2 Å². The number of ketones is 1. The van der Waals surface area contributed by atoms with Gasteiger partial charge in [0.15, 0.2) is 5.78 Å². The van der Waals surface area contributed by atoms with E-state index in [2.05, 4.69) is 26.2 Å². The van der Waals surface area contributed by atoms with Crippen LogP contribution in [0.2, 0.25) is 0 Å². The fourth-order valence-corrected chi connectivity index (χ4v) is 2.58. The first kappa shape index (κ1) is 17.2. The monoisotopic (exact) mass is 401 g/mol. The summed E-state index contributed by atoms with van der Waals surface area (Å²) in [4.78, 5) is 11.3. The first-order valence-electron chi connectivity index (χ1n) is 7.61. The Hall–Kier alpha value is -2.67. The van der Waals surface area contributed by atoms with Gasteiger partial charge in [0.2, 0.25) is 0 Å². The van der Waals surface area contributed by atoms with Crippen molar-refractivity contribution in [2.45, 2.75) is 20.1 Å². The van der Waals surface area contributed by atoms with E-state index in [1.165, 1.54) is 19.1 Å². The predicted octanol–water partition coefficient (Wildman–Crippen LogP) is 3.58. The maximum absolute atomic E-state index is 11.3. The van der Waals surface area contributed by atoms with Crippen molar-refractivity contribution in [3.63, 3.8) is 0 Å². The number of aromatic nitrogens is 3. The molecule has 0 aliphatic carbocycles. The molecule has 2 aromatic carbocycles. The molecule has 25 heavy (non-hydrogen) atoms. The number of carbonyl (C=O) groups excluding carboxylic acids is 1. The van der Waals surface area contributed by atoms with E-state index < -0.39 is 0 Å². The van der Waals surface area contributed by atoms with Gasteiger partial charge in [-0.1, -0.05) is 33.3 Å². The van der Waals surface area contributed by atoms with Crippen LogP contribution in [0.25, 0.3) is 0 Å². The maximum Gasteiger partial charge on any atom is 0.163 e. The van der Waals surface area contributed by atoms with Crippen LogP contribution in [0.15, 0.2) is 53.1 Å². The smallest absolute Gasteiger partial charge is 0.163 e. The Labute approximate surface area is 153 Å². The van der Waals surface area contributed by atoms with Crippen molar-refractivity contribution in [2.24, 2.45) is 0 Å². The van der Waals surface area contributed by atoms with Gasteiger partial charge in [-0.3, -0.25) is 4.79 Å². The number of hydrogen-bond acceptors (Lipinski definition) is 5. The molecule has 0 fully saturated rings. The highest BCUT2D eigenvalue weighted by atomic mass is 79.9. The summed E-state index contributed by atoms with van der Waals surface area (Å²) in [6.45, 7) is 2.24. The molecule has 0 aliphatic heterocycles. The van der Waals surface area contributed by atoms with Crippen LogP contribution in [0.1, 0.15) is 28.5 Å². The van der Waals surface area contributed by atoms with Crippen molar-refractivity contribution in [2.75, 3.05) is 0 Å². The van der Waals surface area contributed by atoms with Gasteiger partial charge in [-0.2, -0.15) is 0 Å². The number of nitrogens with zero attached hydrogens (tertiary/aromatic N) is 3. The van der Waals surface area contributed by atoms with Gasteiger partial charge in [0, 0.05) is 10.5 Å². The molecule has 0 atom stereocenters. The average Bonchev–Trinajstić information content (AvgIpc) is 3.02. The van der Waals surface area contributed by atoms with Crippen LogP contribution in [-0.4, -0.2) is 25.9 Å². The molecule has 1 N–H and O–H groups in total. The van der Waals surface area contributed by atoms with Crippen LogP contribution < -0.4 is 4.74 Å². The molecule has 0 radical (unpaired) electrons. The number of carbonyl (C=O) groups is 1. The van der Waals surface area contributed by atoms with E-state index >= 15 is 0 Å². The quantitative estimate of drug-likeness (QED) is 0.638. The van der Waals surface area contributed by atoms with Crippen molar-refractivity contribution >= 4 is 21.7 Å². The van der Waals surface area contributed by atoms with E-state index in [4.69, 9.17) is 4.74 Å². The second-order valence-electron chi connectivity index (χ2n) is 5.56. The zero-order valence-corrected chi connectivity index (χ0v) is 15.1. The van der Waals surface area contributed by atoms with Crippen molar-refractivity contribution in [1.82, 2.24) is 15.0 Å². The van der Waals surface area contributed by atoms with Crippen molar-refractivity contribution in [1.29, 1.82) is 0 Å². The number of phenols is 1. The van der Waals surface area contributed by atoms with Crippen LogP contribution in [0.3, 0.4) is 0 Å². The van der Waals surface area contributed by atoms with E-state index in [1.54, 1.807) is 10.7 Å². The number of hydrogen-bond donors (Lipinski definition) is 1. The maximum atomic E-state index is 11.3. The van der Waals surface area contributed by atoms with E-state index in [9.17, 15) is 9.90 Å². The second-order valence-corrected chi connectivity index (χ2v) is 6.47. The molecule has 0 saturated carbocycles. The molecular formula is C18H16BrN3O3. The molecule has 0 spiro atoms. The largest absolute Gasteiger partial charge is 0.507 e. The Bertz CT molecular complexity index is 891. The Morgan fingerprint density at radius 1 is 1.24 bits per heavy atom. The van der Waals surface area contributed by atoms with Crippen LogP contribution in [0, 0.1) is 0 Å². The van der Waals surface area contributed by atoms with Crippen molar-refractivity contribution < 1.29 is 14.6 Å². The number of phenolic OH excluding ortho intramolecular Hbond substituents is 1. The van der Waals surface area contributed by atoms with Gasteiger partial charge in [0.25, 0.3) is 0 Å². The summed E-state index contributed by atoms with van der Waals surface area (Å²) in [5.41, 5.74) is 2.06. The molecule has 0 aliphatic rings. The molecule has 6 nitrogen and oxygen atoms in total. The summed E-state index contributed by atoms with van der Waals surface area (Å²) in [5, 5.41) is 18.0. The first-order valence-corrected chi connectivity index (χ1v) is 8.41. The summed E-state index contributed by atoms with van der Waals surface area (Å²) in [6, 6.07) is 12.6. The Morgan fingerprint density at radius 2 is 2.00 bits per heavy atom. The summed E-state index contributed by atoms with van der Waals surface area (Å²) in [7, 11) is 0. The molecule has 3 rings (SSSR count). The lowest BCUT2D eigenvalue weighted by Gasteiger charge is -2.06. The number of benzene rings is 2. The third-order valence-corrected chi connectivity index (χ3v) is 4.11. The lowest BCUT2D eigenvalue weighted by atomic mass is 10.1. The minimum absolute atomic E-state index is 0.0936. The average molecular weight is 402 g/mol. The number of Topliss-reactive ketones (excluding diaryl/α,β-unsaturated/α-hetero) is 1. The van der Waals surface area contributed by atoms with E-state index in [0.717, 1.165) is 10.0 Å². The summed E-state index contributed by atoms with van der Waals surface area (Å²) < 4.78 is 8.36. The summed E-state index contributed by atoms with van der Waals surface area (Å²) >= 11 is 3.41. The zero-order valence-electron chi connectivity index (χ0n) is 13.5. The van der Waals surface area contributed by atoms with Gasteiger partial charge < -0.3 is 9.84 Å². The van der Waals surface area contributed by atoms with Gasteiger partial charge in [-0.05, 0) is 36.8 Å². The normalized spacial score (nSPS) is 10.6. The molecule has 128 valence electrons. The third-order valence-electron chi connectivity index (χ3n) is 3.58. The highest BCUT2D eigenvalue weighted by Crippen LogP contribution is 2.24. The number of aromatic hydroxyl groups is 1. The second kappa shape index (κ2) is 7.48. The molecule has 7 heteroatoms. The molecule has 1 aromatic heterocycles. The summed E-state index contributed by atoms with van der Waals surface area (Å²) in [6.07, 6.45) is 1.81. The Kier molecular flexibility index (Phi) is 5.14. The summed E-state index contributed by atoms with van der Waals surface area (Å²) in [5.74, 6) is 0.175. The highest BCUT2D eigenvalue weighted by molar-refractivity contribution is 9.10. The molecule has 0 bridgehead atoms. The van der Waals surface area contributed by atoms with Gasteiger partial charge >= 0.3 is 0 Å². The number of rotatable bonds is 6. The molecule has 3 aromatic rings. The van der Waals surface area contributed by atoms with E-state index in [-0.39, 0.29) is 23.7 Å². The standard InChI is InChI=1S/C18H16BrN3O3/c1-12(23)17-7-6-16(8-18(17)24)25-11-15-10-22(21-20-15)9-13-2-4-14(19)5-3-13/h2-8,10,24H,9,11H2,1H3. The minimum Gasteiger partial charge on any atom is -0.507 e. The third kappa shape index (κ3) is 4.45. The van der Waals surface area contributed by atoms with Gasteiger partial charge in [-0.25, -0.2) is 4.68 Å². The number of ether oxygens (including phenoxy) is 1. The lowest BCUT2D eigenvalue weighted by Crippen LogP contribution is -2.00. The lowest BCUT2D eigenvalue weighted by molar-refractivity contribution is 0.101. The fourth-order valence-electron chi connectivity index (χ4n) is 2.32. The number of halogens is 1. The SMILES string of the molecule is CC(=O)c1ccc(OCc2cn(Cc3ccc(Br)cc3)nn2)cc1O. The van der Waals surface area contributed by atoms with Crippen molar-refractivity contribution in [3.8, 4) is 11.5 Å². The molecule has 0 saturated heterocycles. The Morgan fingerprint density at radius 3 is 2.68 bits per heavy atom. The van der Waals surface area contributed by atoms with Crippen LogP contribution in [0.5, 0.6) is 11.5 Å². The predicted molar refractivity (Wildman–Crippen MR) is 95.7 cm³/mol. The van der Waals surface area contributed by atoms with E-state index in [1.807, 2.05) is 30.5 Å². The highest BCUT2D eigenvalue weighted by Gasteiger charge is 2.08. The fraction of sp³-hybridized carbons (Fsp3) is 0.167. The van der Waals surface area contributed by atoms with Crippen LogP contribution >= 0.6 is 15.9 Å². The molecule has 1 heterocycles. The minimum atomic E-state index is -0.195. The van der Waals surface area contributed by atoms with Gasteiger partial charge in [0.05, 0.1) is 18.3 Å². The first-order chi connectivity index (χ1) is 12.0. The van der Waals surface area contributed by atoms with Gasteiger partial charge in [0.1, 0.15) is 23.8 Å². The van der Waals surface area contributed by atoms with E-state index in [0.29, 0.717) is 18.0 Å². The molecular weight excluding hydrogens is 386 g/mol. The zero-order chi connectivity index (χ0) is 17.8. The molecule has 0 amide bonds. The molecule has 0 unspecified atom stereocenters.